The normalized spacial score (nSPS) is 13.1. The Morgan fingerprint density at radius 1 is 1.56 bits per heavy atom. The molecule has 0 aliphatic heterocycles. The number of sulfonamides is 1. The maximum atomic E-state index is 11.7. The van der Waals surface area contributed by atoms with Gasteiger partial charge in [-0.2, -0.15) is 5.26 Å². The van der Waals surface area contributed by atoms with E-state index in [-0.39, 0.29) is 5.13 Å². The van der Waals surface area contributed by atoms with Gasteiger partial charge in [0, 0.05) is 5.69 Å². The van der Waals surface area contributed by atoms with E-state index in [1.54, 1.807) is 24.3 Å². The van der Waals surface area contributed by atoms with Gasteiger partial charge in [-0.3, -0.25) is 4.72 Å². The van der Waals surface area contributed by atoms with Gasteiger partial charge in [-0.25, -0.2) is 13.4 Å². The first-order valence-corrected chi connectivity index (χ1v) is 7.36. The fourth-order valence-electron chi connectivity index (χ4n) is 1.26. The number of nitriles is 1. The van der Waals surface area contributed by atoms with Crippen LogP contribution in [0.25, 0.3) is 10.2 Å². The zero-order valence-electron chi connectivity index (χ0n) is 9.41. The summed E-state index contributed by atoms with van der Waals surface area (Å²) in [5.74, 6) is 0. The molecule has 0 bridgehead atoms. The minimum atomic E-state index is -3.72. The van der Waals surface area contributed by atoms with E-state index in [1.165, 1.54) is 18.3 Å². The van der Waals surface area contributed by atoms with Crippen LogP contribution >= 0.6 is 11.3 Å². The van der Waals surface area contributed by atoms with E-state index in [2.05, 4.69) is 9.71 Å². The molecule has 2 aromatic rings. The molecule has 6 nitrogen and oxygen atoms in total. The highest BCUT2D eigenvalue weighted by Crippen LogP contribution is 2.28. The number of anilines is 2. The maximum Gasteiger partial charge on any atom is 0.250 e. The molecule has 2 rings (SSSR count). The number of nitrogens with zero attached hydrogens (tertiary/aromatic N) is 2. The molecule has 18 heavy (non-hydrogen) atoms. The third-order valence-corrected chi connectivity index (χ3v) is 4.87. The third-order valence-electron chi connectivity index (χ3n) is 2.29. The van der Waals surface area contributed by atoms with Crippen LogP contribution in [-0.2, 0) is 10.0 Å². The Labute approximate surface area is 108 Å². The standard InChI is InChI=1S/C10H10N4O2S2/c1-6(5-11)18(15,16)14-10-13-8-3-2-7(12)4-9(8)17-10/h2-4,6H,12H2,1H3,(H,13,14). The average molecular weight is 282 g/mol. The van der Waals surface area contributed by atoms with Gasteiger partial charge >= 0.3 is 0 Å². The van der Waals surface area contributed by atoms with Crippen LogP contribution in [0.1, 0.15) is 6.92 Å². The molecule has 1 unspecified atom stereocenters. The number of hydrogen-bond donors (Lipinski definition) is 2. The van der Waals surface area contributed by atoms with Gasteiger partial charge in [0.25, 0.3) is 10.0 Å². The van der Waals surface area contributed by atoms with Gasteiger partial charge in [-0.1, -0.05) is 11.3 Å². The maximum absolute atomic E-state index is 11.7. The number of hydrogen-bond acceptors (Lipinski definition) is 6. The van der Waals surface area contributed by atoms with Crippen molar-refractivity contribution in [3.8, 4) is 6.07 Å². The lowest BCUT2D eigenvalue weighted by Crippen LogP contribution is -2.23. The van der Waals surface area contributed by atoms with Crippen LogP contribution in [0.5, 0.6) is 0 Å². The van der Waals surface area contributed by atoms with E-state index in [4.69, 9.17) is 11.0 Å². The zero-order chi connectivity index (χ0) is 13.3. The van der Waals surface area contributed by atoms with Gasteiger partial charge in [0.15, 0.2) is 10.4 Å². The van der Waals surface area contributed by atoms with E-state index < -0.39 is 15.3 Å². The molecular formula is C10H10N4O2S2. The molecule has 0 aliphatic carbocycles. The Hall–Kier alpha value is -1.85. The Morgan fingerprint density at radius 3 is 2.94 bits per heavy atom. The van der Waals surface area contributed by atoms with Crippen LogP contribution in [0, 0.1) is 11.3 Å². The summed E-state index contributed by atoms with van der Waals surface area (Å²) in [7, 11) is -3.72. The van der Waals surface area contributed by atoms with E-state index in [0.29, 0.717) is 11.2 Å². The van der Waals surface area contributed by atoms with Gasteiger partial charge in [-0.05, 0) is 25.1 Å². The van der Waals surface area contributed by atoms with E-state index in [9.17, 15) is 8.42 Å². The van der Waals surface area contributed by atoms with Crippen LogP contribution in [0.4, 0.5) is 10.8 Å². The highest BCUT2D eigenvalue weighted by molar-refractivity contribution is 7.93. The van der Waals surface area contributed by atoms with Crippen LogP contribution in [0.3, 0.4) is 0 Å². The zero-order valence-corrected chi connectivity index (χ0v) is 11.0. The summed E-state index contributed by atoms with van der Waals surface area (Å²) in [5.41, 5.74) is 6.88. The number of nitrogen functional groups attached to an aromatic ring is 1. The molecule has 1 heterocycles. The molecular weight excluding hydrogens is 272 g/mol. The average Bonchev–Trinajstić information content (AvgIpc) is 2.68. The Balaban J connectivity index is 2.37. The molecule has 1 aromatic heterocycles. The van der Waals surface area contributed by atoms with Crippen molar-refractivity contribution in [3.63, 3.8) is 0 Å². The van der Waals surface area contributed by atoms with Gasteiger partial charge in [0.1, 0.15) is 0 Å². The third kappa shape index (κ3) is 2.37. The van der Waals surface area contributed by atoms with Gasteiger partial charge in [-0.15, -0.1) is 0 Å². The lowest BCUT2D eigenvalue weighted by atomic mass is 10.3. The van der Waals surface area contributed by atoms with Crippen molar-refractivity contribution >= 4 is 42.4 Å². The topological polar surface area (TPSA) is 109 Å². The van der Waals surface area contributed by atoms with Crippen molar-refractivity contribution in [1.82, 2.24) is 4.98 Å². The molecule has 0 amide bonds. The van der Waals surface area contributed by atoms with Gasteiger partial charge < -0.3 is 5.73 Å². The number of rotatable bonds is 3. The second-order valence-corrected chi connectivity index (χ2v) is 6.70. The summed E-state index contributed by atoms with van der Waals surface area (Å²) < 4.78 is 26.4. The SMILES string of the molecule is CC(C#N)S(=O)(=O)Nc1nc2ccc(N)cc2s1. The predicted octanol–water partition coefficient (Wildman–Crippen LogP) is 1.53. The predicted molar refractivity (Wildman–Crippen MR) is 71.6 cm³/mol. The summed E-state index contributed by atoms with van der Waals surface area (Å²) in [6, 6.07) is 6.80. The van der Waals surface area contributed by atoms with Gasteiger partial charge in [0.05, 0.1) is 16.3 Å². The quantitative estimate of drug-likeness (QED) is 0.830. The lowest BCUT2D eigenvalue weighted by Gasteiger charge is -2.05. The second-order valence-electron chi connectivity index (χ2n) is 3.66. The highest BCUT2D eigenvalue weighted by Gasteiger charge is 2.21. The summed E-state index contributed by atoms with van der Waals surface area (Å²) in [5, 5.41) is 7.73. The molecule has 0 radical (unpaired) electrons. The smallest absolute Gasteiger partial charge is 0.250 e. The summed E-state index contributed by atoms with van der Waals surface area (Å²) in [6.07, 6.45) is 0. The molecule has 0 spiro atoms. The van der Waals surface area contributed by atoms with Crippen molar-refractivity contribution in [2.75, 3.05) is 10.5 Å². The number of nitrogens with one attached hydrogen (secondary N) is 1. The van der Waals surface area contributed by atoms with Crippen LogP contribution in [0.15, 0.2) is 18.2 Å². The Kier molecular flexibility index (Phi) is 3.11. The van der Waals surface area contributed by atoms with Crippen molar-refractivity contribution in [2.24, 2.45) is 0 Å². The molecule has 0 saturated heterocycles. The second kappa shape index (κ2) is 4.44. The lowest BCUT2D eigenvalue weighted by molar-refractivity contribution is 0.597. The van der Waals surface area contributed by atoms with Crippen molar-refractivity contribution < 1.29 is 8.42 Å². The van der Waals surface area contributed by atoms with E-state index >= 15 is 0 Å². The minimum absolute atomic E-state index is 0.234. The van der Waals surface area contributed by atoms with Crippen LogP contribution < -0.4 is 10.5 Å². The Morgan fingerprint density at radius 2 is 2.28 bits per heavy atom. The number of benzene rings is 1. The van der Waals surface area contributed by atoms with Crippen molar-refractivity contribution in [1.29, 1.82) is 5.26 Å². The summed E-state index contributed by atoms with van der Waals surface area (Å²) in [4.78, 5) is 4.12. The molecule has 94 valence electrons. The van der Waals surface area contributed by atoms with Crippen molar-refractivity contribution in [2.45, 2.75) is 12.2 Å². The molecule has 1 aromatic carbocycles. The number of aromatic nitrogens is 1. The molecule has 1 atom stereocenters. The first-order valence-electron chi connectivity index (χ1n) is 4.99. The first kappa shape index (κ1) is 12.6. The molecule has 0 saturated carbocycles. The number of thiazole rings is 1. The van der Waals surface area contributed by atoms with Crippen LogP contribution in [-0.4, -0.2) is 18.7 Å². The van der Waals surface area contributed by atoms with Gasteiger partial charge in [0.2, 0.25) is 0 Å². The monoisotopic (exact) mass is 282 g/mol. The first-order chi connectivity index (χ1) is 8.42. The van der Waals surface area contributed by atoms with Crippen molar-refractivity contribution in [3.05, 3.63) is 18.2 Å². The number of nitrogens with two attached hydrogens (primary N) is 1. The summed E-state index contributed by atoms with van der Waals surface area (Å²) in [6.45, 7) is 1.31. The number of fused-ring (bicyclic) bond motifs is 1. The van der Waals surface area contributed by atoms with E-state index in [1.807, 2.05) is 0 Å². The Bertz CT molecular complexity index is 730. The molecule has 0 fully saturated rings. The van der Waals surface area contributed by atoms with Crippen LogP contribution in [0.2, 0.25) is 0 Å². The minimum Gasteiger partial charge on any atom is -0.399 e. The summed E-state index contributed by atoms with van der Waals surface area (Å²) >= 11 is 1.18. The molecule has 3 N–H and O–H groups in total. The fraction of sp³-hybridized carbons (Fsp3) is 0.200. The molecule has 8 heteroatoms. The fourth-order valence-corrected chi connectivity index (χ4v) is 3.15. The molecule has 0 aliphatic rings. The largest absolute Gasteiger partial charge is 0.399 e. The highest BCUT2D eigenvalue weighted by atomic mass is 32.2. The van der Waals surface area contributed by atoms with E-state index in [0.717, 1.165) is 4.70 Å².